The monoisotopic (exact) mass is 283 g/mol. The minimum absolute atomic E-state index is 0.262. The van der Waals surface area contributed by atoms with Crippen LogP contribution in [-0.4, -0.2) is 51.7 Å². The molecule has 0 aliphatic rings. The van der Waals surface area contributed by atoms with Gasteiger partial charge in [0, 0.05) is 26.3 Å². The van der Waals surface area contributed by atoms with Crippen LogP contribution in [0.1, 0.15) is 12.8 Å². The molecule has 114 valence electrons. The quantitative estimate of drug-likeness (QED) is 0.602. The molecule has 0 aliphatic heterocycles. The summed E-state index contributed by atoms with van der Waals surface area (Å²) in [5, 5.41) is 13.0. The van der Waals surface area contributed by atoms with Gasteiger partial charge in [0.2, 0.25) is 0 Å². The normalized spacial score (nSPS) is 12.2. The number of aliphatic hydroxyl groups is 1. The van der Waals surface area contributed by atoms with Crippen LogP contribution in [0.4, 0.5) is 0 Å². The van der Waals surface area contributed by atoms with Crippen molar-refractivity contribution in [3.05, 3.63) is 24.3 Å². The predicted octanol–water partition coefficient (Wildman–Crippen LogP) is 1.45. The van der Waals surface area contributed by atoms with E-state index in [4.69, 9.17) is 14.2 Å². The van der Waals surface area contributed by atoms with Crippen molar-refractivity contribution in [3.63, 3.8) is 0 Å². The van der Waals surface area contributed by atoms with E-state index in [2.05, 4.69) is 5.32 Å². The van der Waals surface area contributed by atoms with E-state index in [1.807, 2.05) is 18.2 Å². The summed E-state index contributed by atoms with van der Waals surface area (Å²) in [5.74, 6) is 1.44. The van der Waals surface area contributed by atoms with E-state index in [1.165, 1.54) is 0 Å². The van der Waals surface area contributed by atoms with E-state index in [1.54, 1.807) is 20.3 Å². The summed E-state index contributed by atoms with van der Waals surface area (Å²) in [6.45, 7) is 2.44. The minimum atomic E-state index is -0.524. The standard InChI is InChI=1S/C15H25NO4/c1-18-9-4-3-8-16-11-13(17)12-20-15-7-5-6-14(10-15)19-2/h5-7,10,13,16-17H,3-4,8-9,11-12H2,1-2H3. The van der Waals surface area contributed by atoms with Crippen molar-refractivity contribution in [2.75, 3.05) is 40.5 Å². The average Bonchev–Trinajstić information content (AvgIpc) is 2.49. The molecular formula is C15H25NO4. The number of rotatable bonds is 11. The number of aliphatic hydroxyl groups excluding tert-OH is 1. The second-order valence-electron chi connectivity index (χ2n) is 4.55. The molecule has 0 fully saturated rings. The molecule has 0 spiro atoms. The number of hydrogen-bond donors (Lipinski definition) is 2. The molecular weight excluding hydrogens is 258 g/mol. The Morgan fingerprint density at radius 3 is 2.75 bits per heavy atom. The molecule has 0 amide bonds. The fourth-order valence-electron chi connectivity index (χ4n) is 1.71. The lowest BCUT2D eigenvalue weighted by Gasteiger charge is -2.13. The number of ether oxygens (including phenoxy) is 3. The fourth-order valence-corrected chi connectivity index (χ4v) is 1.71. The molecule has 0 aliphatic carbocycles. The van der Waals surface area contributed by atoms with E-state index >= 15 is 0 Å². The highest BCUT2D eigenvalue weighted by molar-refractivity contribution is 5.32. The highest BCUT2D eigenvalue weighted by Gasteiger charge is 2.05. The number of hydrogen-bond acceptors (Lipinski definition) is 5. The van der Waals surface area contributed by atoms with Gasteiger partial charge in [-0.25, -0.2) is 0 Å². The number of methoxy groups -OCH3 is 2. The van der Waals surface area contributed by atoms with Gasteiger partial charge >= 0.3 is 0 Å². The molecule has 1 unspecified atom stereocenters. The first-order chi connectivity index (χ1) is 9.76. The third kappa shape index (κ3) is 7.33. The van der Waals surface area contributed by atoms with Crippen molar-refractivity contribution in [2.45, 2.75) is 18.9 Å². The third-order valence-electron chi connectivity index (χ3n) is 2.82. The van der Waals surface area contributed by atoms with Crippen molar-refractivity contribution >= 4 is 0 Å². The van der Waals surface area contributed by atoms with Gasteiger partial charge in [0.25, 0.3) is 0 Å². The van der Waals surface area contributed by atoms with E-state index in [-0.39, 0.29) is 6.61 Å². The zero-order chi connectivity index (χ0) is 14.6. The number of nitrogens with one attached hydrogen (secondary N) is 1. The molecule has 0 heterocycles. The van der Waals surface area contributed by atoms with E-state index < -0.39 is 6.10 Å². The molecule has 0 saturated carbocycles. The summed E-state index contributed by atoms with van der Waals surface area (Å²) < 4.78 is 15.6. The predicted molar refractivity (Wildman–Crippen MR) is 78.5 cm³/mol. The Kier molecular flexibility index (Phi) is 8.78. The smallest absolute Gasteiger partial charge is 0.123 e. The molecule has 5 nitrogen and oxygen atoms in total. The van der Waals surface area contributed by atoms with Gasteiger partial charge in [-0.05, 0) is 31.5 Å². The summed E-state index contributed by atoms with van der Waals surface area (Å²) in [7, 11) is 3.31. The van der Waals surface area contributed by atoms with Crippen LogP contribution >= 0.6 is 0 Å². The molecule has 0 aromatic heterocycles. The van der Waals surface area contributed by atoms with Crippen LogP contribution in [0.5, 0.6) is 11.5 Å². The summed E-state index contributed by atoms with van der Waals surface area (Å²) in [6, 6.07) is 7.35. The van der Waals surface area contributed by atoms with Crippen molar-refractivity contribution < 1.29 is 19.3 Å². The lowest BCUT2D eigenvalue weighted by molar-refractivity contribution is 0.106. The maximum atomic E-state index is 9.80. The van der Waals surface area contributed by atoms with Crippen molar-refractivity contribution in [1.82, 2.24) is 5.32 Å². The van der Waals surface area contributed by atoms with Crippen molar-refractivity contribution in [3.8, 4) is 11.5 Å². The topological polar surface area (TPSA) is 60.0 Å². The second kappa shape index (κ2) is 10.5. The zero-order valence-corrected chi connectivity index (χ0v) is 12.3. The van der Waals surface area contributed by atoms with E-state index in [0.717, 1.165) is 31.7 Å². The maximum Gasteiger partial charge on any atom is 0.123 e. The van der Waals surface area contributed by atoms with Gasteiger partial charge in [0.1, 0.15) is 24.2 Å². The summed E-state index contributed by atoms with van der Waals surface area (Å²) in [4.78, 5) is 0. The van der Waals surface area contributed by atoms with Gasteiger partial charge in [-0.1, -0.05) is 6.07 Å². The molecule has 2 N–H and O–H groups in total. The van der Waals surface area contributed by atoms with Crippen LogP contribution < -0.4 is 14.8 Å². The Bertz CT molecular complexity index is 359. The maximum absolute atomic E-state index is 9.80. The van der Waals surface area contributed by atoms with Gasteiger partial charge in [-0.3, -0.25) is 0 Å². The SMILES string of the molecule is COCCCCNCC(O)COc1cccc(OC)c1. The Balaban J connectivity index is 2.11. The second-order valence-corrected chi connectivity index (χ2v) is 4.55. The Morgan fingerprint density at radius 2 is 2.00 bits per heavy atom. The fraction of sp³-hybridized carbons (Fsp3) is 0.600. The number of unbranched alkanes of at least 4 members (excludes halogenated alkanes) is 1. The average molecular weight is 283 g/mol. The van der Waals surface area contributed by atoms with Gasteiger partial charge in [0.05, 0.1) is 7.11 Å². The van der Waals surface area contributed by atoms with Gasteiger partial charge in [-0.15, -0.1) is 0 Å². The van der Waals surface area contributed by atoms with Gasteiger partial charge in [0.15, 0.2) is 0 Å². The van der Waals surface area contributed by atoms with Crippen LogP contribution in [0.15, 0.2) is 24.3 Å². The highest BCUT2D eigenvalue weighted by Crippen LogP contribution is 2.18. The lowest BCUT2D eigenvalue weighted by Crippen LogP contribution is -2.32. The lowest BCUT2D eigenvalue weighted by atomic mass is 10.3. The Hall–Kier alpha value is -1.30. The van der Waals surface area contributed by atoms with E-state index in [9.17, 15) is 5.11 Å². The van der Waals surface area contributed by atoms with Crippen LogP contribution in [0.2, 0.25) is 0 Å². The van der Waals surface area contributed by atoms with Crippen molar-refractivity contribution in [2.24, 2.45) is 0 Å². The summed E-state index contributed by atoms with van der Waals surface area (Å²) in [6.07, 6.45) is 1.54. The first-order valence-electron chi connectivity index (χ1n) is 6.91. The number of benzene rings is 1. The molecule has 1 atom stereocenters. The summed E-state index contributed by atoms with van der Waals surface area (Å²) in [5.41, 5.74) is 0. The molecule has 0 saturated heterocycles. The molecule has 1 aromatic carbocycles. The van der Waals surface area contributed by atoms with Crippen LogP contribution in [-0.2, 0) is 4.74 Å². The van der Waals surface area contributed by atoms with E-state index in [0.29, 0.717) is 12.3 Å². The molecule has 0 radical (unpaired) electrons. The Morgan fingerprint density at radius 1 is 1.20 bits per heavy atom. The highest BCUT2D eigenvalue weighted by atomic mass is 16.5. The minimum Gasteiger partial charge on any atom is -0.497 e. The first-order valence-corrected chi connectivity index (χ1v) is 6.91. The summed E-state index contributed by atoms with van der Waals surface area (Å²) >= 11 is 0. The van der Waals surface area contributed by atoms with Crippen LogP contribution in [0.25, 0.3) is 0 Å². The van der Waals surface area contributed by atoms with Crippen molar-refractivity contribution in [1.29, 1.82) is 0 Å². The third-order valence-corrected chi connectivity index (χ3v) is 2.82. The molecule has 5 heteroatoms. The van der Waals surface area contributed by atoms with Crippen LogP contribution in [0.3, 0.4) is 0 Å². The first kappa shape index (κ1) is 16.8. The molecule has 1 aromatic rings. The molecule has 20 heavy (non-hydrogen) atoms. The van der Waals surface area contributed by atoms with Crippen LogP contribution in [0, 0.1) is 0 Å². The molecule has 1 rings (SSSR count). The zero-order valence-electron chi connectivity index (χ0n) is 12.3. The van der Waals surface area contributed by atoms with Gasteiger partial charge in [-0.2, -0.15) is 0 Å². The largest absolute Gasteiger partial charge is 0.497 e. The molecule has 0 bridgehead atoms. The van der Waals surface area contributed by atoms with Gasteiger partial charge < -0.3 is 24.6 Å². The Labute approximate surface area is 120 Å².